The highest BCUT2D eigenvalue weighted by molar-refractivity contribution is 5.87. The van der Waals surface area contributed by atoms with E-state index in [0.29, 0.717) is 6.42 Å². The average molecular weight is 260 g/mol. The van der Waals surface area contributed by atoms with Crippen molar-refractivity contribution in [2.45, 2.75) is 51.0 Å². The SMILES string of the molecule is C=C(C)C(=O)OC1C(O)[C@@H](O)C(CC)O[C@H]1OC. The third kappa shape index (κ3) is 3.08. The molecule has 1 aliphatic heterocycles. The van der Waals surface area contributed by atoms with Crippen molar-refractivity contribution < 1.29 is 29.2 Å². The molecular weight excluding hydrogens is 240 g/mol. The third-order valence-electron chi connectivity index (χ3n) is 2.87. The van der Waals surface area contributed by atoms with Crippen LogP contribution in [0, 0.1) is 0 Å². The predicted molar refractivity (Wildman–Crippen MR) is 62.7 cm³/mol. The highest BCUT2D eigenvalue weighted by atomic mass is 16.7. The van der Waals surface area contributed by atoms with E-state index in [1.54, 1.807) is 0 Å². The summed E-state index contributed by atoms with van der Waals surface area (Å²) in [6.45, 7) is 6.75. The van der Waals surface area contributed by atoms with Gasteiger partial charge in [0.25, 0.3) is 0 Å². The van der Waals surface area contributed by atoms with Crippen molar-refractivity contribution in [2.75, 3.05) is 7.11 Å². The van der Waals surface area contributed by atoms with Crippen LogP contribution in [0.15, 0.2) is 12.2 Å². The zero-order valence-corrected chi connectivity index (χ0v) is 10.8. The molecule has 0 aliphatic carbocycles. The van der Waals surface area contributed by atoms with Crippen LogP contribution in [0.5, 0.6) is 0 Å². The molecule has 6 heteroatoms. The number of ether oxygens (including phenoxy) is 3. The fourth-order valence-electron chi connectivity index (χ4n) is 1.78. The zero-order chi connectivity index (χ0) is 13.9. The minimum atomic E-state index is -1.25. The van der Waals surface area contributed by atoms with Crippen molar-refractivity contribution in [3.63, 3.8) is 0 Å². The van der Waals surface area contributed by atoms with Gasteiger partial charge in [0, 0.05) is 12.7 Å². The molecule has 0 saturated carbocycles. The molecule has 18 heavy (non-hydrogen) atoms. The predicted octanol–water partition coefficient (Wildman–Crippen LogP) is -0.0226. The van der Waals surface area contributed by atoms with E-state index in [1.807, 2.05) is 6.92 Å². The molecule has 0 bridgehead atoms. The highest BCUT2D eigenvalue weighted by Crippen LogP contribution is 2.26. The summed E-state index contributed by atoms with van der Waals surface area (Å²) in [5.74, 6) is -0.660. The Kier molecular flexibility index (Phi) is 5.28. The van der Waals surface area contributed by atoms with Crippen LogP contribution in [0.25, 0.3) is 0 Å². The second-order valence-electron chi connectivity index (χ2n) is 4.32. The van der Waals surface area contributed by atoms with Crippen molar-refractivity contribution in [2.24, 2.45) is 0 Å². The quantitative estimate of drug-likeness (QED) is 0.546. The number of aliphatic hydroxyl groups is 2. The Labute approximate surface area is 106 Å². The molecule has 0 amide bonds. The van der Waals surface area contributed by atoms with Gasteiger partial charge in [0.05, 0.1) is 6.10 Å². The second-order valence-corrected chi connectivity index (χ2v) is 4.32. The van der Waals surface area contributed by atoms with Crippen molar-refractivity contribution in [3.05, 3.63) is 12.2 Å². The summed E-state index contributed by atoms with van der Waals surface area (Å²) in [5.41, 5.74) is 0.198. The lowest BCUT2D eigenvalue weighted by molar-refractivity contribution is -0.293. The van der Waals surface area contributed by atoms with Crippen LogP contribution in [0.2, 0.25) is 0 Å². The van der Waals surface area contributed by atoms with E-state index in [4.69, 9.17) is 14.2 Å². The van der Waals surface area contributed by atoms with Gasteiger partial charge in [-0.15, -0.1) is 0 Å². The van der Waals surface area contributed by atoms with E-state index in [9.17, 15) is 15.0 Å². The molecule has 1 aliphatic rings. The molecule has 0 aromatic carbocycles. The van der Waals surface area contributed by atoms with Gasteiger partial charge in [0.2, 0.25) is 0 Å². The molecule has 0 spiro atoms. The van der Waals surface area contributed by atoms with E-state index >= 15 is 0 Å². The molecule has 3 unspecified atom stereocenters. The smallest absolute Gasteiger partial charge is 0.333 e. The maximum atomic E-state index is 11.5. The van der Waals surface area contributed by atoms with Crippen molar-refractivity contribution in [1.29, 1.82) is 0 Å². The van der Waals surface area contributed by atoms with Crippen LogP contribution in [-0.4, -0.2) is 54.0 Å². The molecule has 5 atom stereocenters. The third-order valence-corrected chi connectivity index (χ3v) is 2.87. The molecule has 0 radical (unpaired) electrons. The fraction of sp³-hybridized carbons (Fsp3) is 0.750. The number of aliphatic hydroxyl groups excluding tert-OH is 2. The van der Waals surface area contributed by atoms with E-state index in [0.717, 1.165) is 0 Å². The summed E-state index contributed by atoms with van der Waals surface area (Å²) in [6.07, 6.45) is -4.39. The molecule has 1 heterocycles. The normalized spacial score (nSPS) is 36.2. The summed E-state index contributed by atoms with van der Waals surface area (Å²) in [5, 5.41) is 19.8. The van der Waals surface area contributed by atoms with Crippen LogP contribution >= 0.6 is 0 Å². The zero-order valence-electron chi connectivity index (χ0n) is 10.8. The van der Waals surface area contributed by atoms with Crippen molar-refractivity contribution >= 4 is 5.97 Å². The van der Waals surface area contributed by atoms with Gasteiger partial charge in [-0.2, -0.15) is 0 Å². The van der Waals surface area contributed by atoms with Crippen LogP contribution < -0.4 is 0 Å². The molecule has 0 aromatic heterocycles. The van der Waals surface area contributed by atoms with Crippen molar-refractivity contribution in [3.8, 4) is 0 Å². The topological polar surface area (TPSA) is 85.2 Å². The monoisotopic (exact) mass is 260 g/mol. The lowest BCUT2D eigenvalue weighted by Crippen LogP contribution is -2.59. The van der Waals surface area contributed by atoms with E-state index in [2.05, 4.69) is 6.58 Å². The van der Waals surface area contributed by atoms with E-state index in [-0.39, 0.29) is 5.57 Å². The van der Waals surface area contributed by atoms with E-state index < -0.39 is 36.7 Å². The number of hydrogen-bond donors (Lipinski definition) is 2. The number of esters is 1. The maximum absolute atomic E-state index is 11.5. The first-order valence-corrected chi connectivity index (χ1v) is 5.83. The first-order chi connectivity index (χ1) is 8.42. The largest absolute Gasteiger partial charge is 0.451 e. The number of hydrogen-bond acceptors (Lipinski definition) is 6. The molecular formula is C12H20O6. The minimum absolute atomic E-state index is 0.198. The van der Waals surface area contributed by atoms with Gasteiger partial charge in [-0.25, -0.2) is 4.79 Å². The van der Waals surface area contributed by atoms with Gasteiger partial charge in [-0.1, -0.05) is 13.5 Å². The Balaban J connectivity index is 2.81. The Hall–Kier alpha value is -0.950. The Morgan fingerprint density at radius 1 is 1.39 bits per heavy atom. The molecule has 2 N–H and O–H groups in total. The van der Waals surface area contributed by atoms with Crippen LogP contribution in [0.4, 0.5) is 0 Å². The Bertz CT molecular complexity index is 314. The molecule has 6 nitrogen and oxygen atoms in total. The summed E-state index contributed by atoms with van der Waals surface area (Å²) < 4.78 is 15.5. The van der Waals surface area contributed by atoms with Gasteiger partial charge >= 0.3 is 5.97 Å². The highest BCUT2D eigenvalue weighted by Gasteiger charge is 2.46. The summed E-state index contributed by atoms with van der Waals surface area (Å²) in [4.78, 5) is 11.5. The van der Waals surface area contributed by atoms with Crippen LogP contribution in [0.1, 0.15) is 20.3 Å². The lowest BCUT2D eigenvalue weighted by Gasteiger charge is -2.41. The molecule has 1 rings (SSSR count). The average Bonchev–Trinajstić information content (AvgIpc) is 2.35. The summed E-state index contributed by atoms with van der Waals surface area (Å²) in [6, 6.07) is 0. The van der Waals surface area contributed by atoms with Gasteiger partial charge in [-0.05, 0) is 13.3 Å². The van der Waals surface area contributed by atoms with Crippen molar-refractivity contribution in [1.82, 2.24) is 0 Å². The van der Waals surface area contributed by atoms with Gasteiger partial charge in [0.15, 0.2) is 12.4 Å². The maximum Gasteiger partial charge on any atom is 0.333 e. The number of carbonyl (C=O) groups excluding carboxylic acids is 1. The van der Waals surface area contributed by atoms with Crippen LogP contribution in [0.3, 0.4) is 0 Å². The van der Waals surface area contributed by atoms with Gasteiger partial charge in [0.1, 0.15) is 12.2 Å². The lowest BCUT2D eigenvalue weighted by atomic mass is 9.97. The second kappa shape index (κ2) is 6.29. The first kappa shape index (κ1) is 15.1. The standard InChI is InChI=1S/C12H20O6/c1-5-7-8(13)9(14)10(12(16-4)17-7)18-11(15)6(2)3/h7-10,12-14H,2,5H2,1,3-4H3/t7?,8-,9?,10?,12+/m0/s1. The Morgan fingerprint density at radius 2 is 2.00 bits per heavy atom. The van der Waals surface area contributed by atoms with Gasteiger partial charge in [-0.3, -0.25) is 0 Å². The first-order valence-electron chi connectivity index (χ1n) is 5.83. The summed E-state index contributed by atoms with van der Waals surface area (Å²) in [7, 11) is 1.38. The molecule has 1 fully saturated rings. The minimum Gasteiger partial charge on any atom is -0.451 e. The fourth-order valence-corrected chi connectivity index (χ4v) is 1.78. The molecule has 1 saturated heterocycles. The Morgan fingerprint density at radius 3 is 2.44 bits per heavy atom. The summed E-state index contributed by atoms with van der Waals surface area (Å²) >= 11 is 0. The van der Waals surface area contributed by atoms with Gasteiger partial charge < -0.3 is 24.4 Å². The van der Waals surface area contributed by atoms with Crippen LogP contribution in [-0.2, 0) is 19.0 Å². The number of methoxy groups -OCH3 is 1. The number of rotatable bonds is 4. The molecule has 0 aromatic rings. The number of carbonyl (C=O) groups is 1. The van der Waals surface area contributed by atoms with E-state index in [1.165, 1.54) is 14.0 Å². The molecule has 104 valence electrons.